The topological polar surface area (TPSA) is 65.8 Å². The van der Waals surface area contributed by atoms with Gasteiger partial charge in [0.05, 0.1) is 37.3 Å². The van der Waals surface area contributed by atoms with Crippen molar-refractivity contribution >= 4 is 11.3 Å². The van der Waals surface area contributed by atoms with Gasteiger partial charge in [-0.15, -0.1) is 0 Å². The lowest BCUT2D eigenvalue weighted by Gasteiger charge is -2.29. The minimum Gasteiger partial charge on any atom is -0.454 e. The molecule has 0 unspecified atom stereocenters. The van der Waals surface area contributed by atoms with Crippen molar-refractivity contribution in [1.29, 1.82) is 0 Å². The van der Waals surface area contributed by atoms with E-state index in [0.29, 0.717) is 6.54 Å². The van der Waals surface area contributed by atoms with Crippen molar-refractivity contribution in [3.05, 3.63) is 87.6 Å². The predicted molar refractivity (Wildman–Crippen MR) is 120 cm³/mol. The van der Waals surface area contributed by atoms with Crippen LogP contribution in [0.3, 0.4) is 0 Å². The van der Waals surface area contributed by atoms with Crippen molar-refractivity contribution in [2.24, 2.45) is 0 Å². The fraction of sp³-hybridized carbons (Fsp3) is 0.280. The summed E-state index contributed by atoms with van der Waals surface area (Å²) in [4.78, 5) is 19.9. The average molecular weight is 429 g/mol. The van der Waals surface area contributed by atoms with E-state index in [1.165, 1.54) is 0 Å². The zero-order valence-corrected chi connectivity index (χ0v) is 17.6. The monoisotopic (exact) mass is 429 g/mol. The van der Waals surface area contributed by atoms with E-state index in [1.807, 2.05) is 36.7 Å². The Morgan fingerprint density at radius 2 is 1.88 bits per heavy atom. The Labute approximate surface area is 185 Å². The van der Waals surface area contributed by atoms with Crippen molar-refractivity contribution < 1.29 is 14.2 Å². The number of hydrogen-bond acceptors (Lipinski definition) is 6. The zero-order valence-electron chi connectivity index (χ0n) is 17.6. The molecule has 0 N–H and O–H groups in total. The highest BCUT2D eigenvalue weighted by Crippen LogP contribution is 2.34. The first-order valence-electron chi connectivity index (χ1n) is 10.9. The number of nitrogens with zero attached hydrogens (tertiary/aromatic N) is 3. The number of anilines is 1. The number of morpholine rings is 1. The van der Waals surface area contributed by atoms with Crippen LogP contribution in [0.15, 0.2) is 59.7 Å². The Hall–Kier alpha value is -3.58. The van der Waals surface area contributed by atoms with Crippen LogP contribution in [0.5, 0.6) is 11.5 Å². The van der Waals surface area contributed by atoms with Crippen LogP contribution in [0.2, 0.25) is 0 Å². The van der Waals surface area contributed by atoms with E-state index in [2.05, 4.69) is 17.0 Å². The maximum absolute atomic E-state index is 12.9. The molecule has 1 fully saturated rings. The van der Waals surface area contributed by atoms with Gasteiger partial charge in [-0.3, -0.25) is 9.78 Å². The van der Waals surface area contributed by atoms with Crippen LogP contribution < -0.4 is 19.9 Å². The molecule has 32 heavy (non-hydrogen) atoms. The number of ether oxygens (including phenoxy) is 3. The van der Waals surface area contributed by atoms with Gasteiger partial charge in [0.25, 0.3) is 5.56 Å². The minimum atomic E-state index is -0.0354. The quantitative estimate of drug-likeness (QED) is 0.636. The van der Waals surface area contributed by atoms with Gasteiger partial charge in [-0.1, -0.05) is 12.1 Å². The maximum Gasteiger partial charge on any atom is 0.251 e. The molecule has 2 aliphatic heterocycles. The van der Waals surface area contributed by atoms with E-state index in [1.54, 1.807) is 10.6 Å². The molecule has 0 bridgehead atoms. The maximum atomic E-state index is 12.9. The van der Waals surface area contributed by atoms with Crippen molar-refractivity contribution in [3.8, 4) is 11.5 Å². The summed E-state index contributed by atoms with van der Waals surface area (Å²) < 4.78 is 18.0. The molecular weight excluding hydrogens is 406 g/mol. The number of hydrogen-bond donors (Lipinski definition) is 0. The second kappa shape index (κ2) is 7.84. The van der Waals surface area contributed by atoms with Crippen molar-refractivity contribution in [3.63, 3.8) is 0 Å². The third-order valence-corrected chi connectivity index (χ3v) is 6.22. The van der Waals surface area contributed by atoms with Gasteiger partial charge < -0.3 is 23.7 Å². The largest absolute Gasteiger partial charge is 0.454 e. The highest BCUT2D eigenvalue weighted by molar-refractivity contribution is 5.85. The molecule has 0 spiro atoms. The Balaban J connectivity index is 1.26. The molecule has 6 rings (SSSR count). The molecule has 1 aromatic carbocycles. The van der Waals surface area contributed by atoms with Gasteiger partial charge >= 0.3 is 0 Å². The molecule has 0 saturated carbocycles. The molecule has 162 valence electrons. The molecule has 0 amide bonds. The summed E-state index contributed by atoms with van der Waals surface area (Å²) in [7, 11) is 0. The van der Waals surface area contributed by atoms with Gasteiger partial charge in [-0.25, -0.2) is 0 Å². The number of benzene rings is 1. The molecule has 1 saturated heterocycles. The summed E-state index contributed by atoms with van der Waals surface area (Å²) in [5, 5.41) is 0. The van der Waals surface area contributed by atoms with E-state index in [4.69, 9.17) is 19.2 Å². The molecule has 3 aromatic rings. The van der Waals surface area contributed by atoms with E-state index in [9.17, 15) is 4.79 Å². The predicted octanol–water partition coefficient (Wildman–Crippen LogP) is 2.84. The first-order chi connectivity index (χ1) is 15.7. The van der Waals surface area contributed by atoms with E-state index >= 15 is 0 Å². The fourth-order valence-corrected chi connectivity index (χ4v) is 4.50. The van der Waals surface area contributed by atoms with Crippen LogP contribution in [0.1, 0.15) is 22.4 Å². The second-order valence-corrected chi connectivity index (χ2v) is 8.18. The first-order valence-corrected chi connectivity index (χ1v) is 10.9. The van der Waals surface area contributed by atoms with Crippen LogP contribution in [0.25, 0.3) is 5.57 Å². The van der Waals surface area contributed by atoms with Gasteiger partial charge in [0.1, 0.15) is 0 Å². The minimum absolute atomic E-state index is 0.0354. The third kappa shape index (κ3) is 3.44. The van der Waals surface area contributed by atoms with Gasteiger partial charge in [-0.2, -0.15) is 0 Å². The summed E-state index contributed by atoms with van der Waals surface area (Å²) in [6.45, 7) is 3.94. The molecule has 7 heteroatoms. The summed E-state index contributed by atoms with van der Waals surface area (Å²) in [6.07, 6.45) is 6.76. The van der Waals surface area contributed by atoms with Crippen molar-refractivity contribution in [2.75, 3.05) is 38.0 Å². The number of fused-ring (bicyclic) bond motifs is 2. The molecule has 1 aliphatic carbocycles. The number of aromatic nitrogens is 2. The van der Waals surface area contributed by atoms with E-state index in [0.717, 1.165) is 77.9 Å². The normalized spacial score (nSPS) is 16.8. The lowest BCUT2D eigenvalue weighted by atomic mass is 10.0. The van der Waals surface area contributed by atoms with Gasteiger partial charge in [-0.05, 0) is 41.0 Å². The second-order valence-electron chi connectivity index (χ2n) is 8.18. The van der Waals surface area contributed by atoms with Crippen LogP contribution in [-0.4, -0.2) is 42.6 Å². The highest BCUT2D eigenvalue weighted by Gasteiger charge is 2.21. The Bertz CT molecular complexity index is 1270. The SMILES string of the molecule is O=c1cc(C2=CCc3ncc(N4CCOCC4)cc32)ccn1Cc1ccc2c(c1)OCO2. The Morgan fingerprint density at radius 3 is 2.75 bits per heavy atom. The average Bonchev–Trinajstić information content (AvgIpc) is 3.47. The standard InChI is InChI=1S/C25H23N3O4/c29-25-12-18(5-6-28(25)15-17-1-4-23-24(11-17)32-16-31-23)20-2-3-22-21(20)13-19(14-26-22)27-7-9-30-10-8-27/h1-2,4-6,11-14H,3,7-10,15-16H2. The number of rotatable bonds is 4. The molecule has 2 aromatic heterocycles. The number of pyridine rings is 2. The van der Waals surface area contributed by atoms with Crippen LogP contribution in [0.4, 0.5) is 5.69 Å². The van der Waals surface area contributed by atoms with Gasteiger partial charge in [0.2, 0.25) is 6.79 Å². The lowest BCUT2D eigenvalue weighted by Crippen LogP contribution is -2.36. The molecule has 0 atom stereocenters. The molecule has 0 radical (unpaired) electrons. The smallest absolute Gasteiger partial charge is 0.251 e. The van der Waals surface area contributed by atoms with Crippen LogP contribution in [-0.2, 0) is 17.7 Å². The highest BCUT2D eigenvalue weighted by atomic mass is 16.7. The molecular formula is C25H23N3O4. The van der Waals surface area contributed by atoms with Crippen molar-refractivity contribution in [2.45, 2.75) is 13.0 Å². The molecule has 4 heterocycles. The van der Waals surface area contributed by atoms with Crippen molar-refractivity contribution in [1.82, 2.24) is 9.55 Å². The number of allylic oxidation sites excluding steroid dienone is 1. The molecule has 3 aliphatic rings. The third-order valence-electron chi connectivity index (χ3n) is 6.22. The van der Waals surface area contributed by atoms with Crippen LogP contribution >= 0.6 is 0 Å². The summed E-state index contributed by atoms with van der Waals surface area (Å²) in [5.74, 6) is 1.47. The lowest BCUT2D eigenvalue weighted by molar-refractivity contribution is 0.122. The van der Waals surface area contributed by atoms with Crippen LogP contribution in [0, 0.1) is 0 Å². The summed E-state index contributed by atoms with van der Waals surface area (Å²) >= 11 is 0. The zero-order chi connectivity index (χ0) is 21.5. The van der Waals surface area contributed by atoms with E-state index in [-0.39, 0.29) is 12.4 Å². The van der Waals surface area contributed by atoms with Gasteiger partial charge in [0, 0.05) is 37.3 Å². The first kappa shape index (κ1) is 19.1. The van der Waals surface area contributed by atoms with E-state index < -0.39 is 0 Å². The molecule has 7 nitrogen and oxygen atoms in total. The fourth-order valence-electron chi connectivity index (χ4n) is 4.50. The Kier molecular flexibility index (Phi) is 4.69. The van der Waals surface area contributed by atoms with Gasteiger partial charge in [0.15, 0.2) is 11.5 Å². The summed E-state index contributed by atoms with van der Waals surface area (Å²) in [6, 6.07) is 11.7. The Morgan fingerprint density at radius 1 is 1.00 bits per heavy atom. The summed E-state index contributed by atoms with van der Waals surface area (Å²) in [5.41, 5.74) is 6.24.